The van der Waals surface area contributed by atoms with Crippen LogP contribution in [0.3, 0.4) is 0 Å². The molecule has 4 aromatic carbocycles. The van der Waals surface area contributed by atoms with E-state index in [2.05, 4.69) is 0 Å². The van der Waals surface area contributed by atoms with Crippen molar-refractivity contribution in [3.63, 3.8) is 0 Å². The van der Waals surface area contributed by atoms with Gasteiger partial charge in [0.2, 0.25) is 10.0 Å². The van der Waals surface area contributed by atoms with Gasteiger partial charge in [0.15, 0.2) is 0 Å². The molecule has 2 N–H and O–H groups in total. The largest absolute Gasteiger partial charge is 0.497 e. The molecule has 0 aromatic heterocycles. The molecule has 1 heterocycles. The highest BCUT2D eigenvalue weighted by Gasteiger charge is 2.31. The molecule has 0 bridgehead atoms. The summed E-state index contributed by atoms with van der Waals surface area (Å²) in [7, 11) is 1.29. The van der Waals surface area contributed by atoms with Gasteiger partial charge in [-0.25, -0.2) is 13.6 Å². The first-order chi connectivity index (χ1) is 18.6. The van der Waals surface area contributed by atoms with Crippen molar-refractivity contribution in [3.05, 3.63) is 107 Å². The van der Waals surface area contributed by atoms with E-state index in [0.29, 0.717) is 11.3 Å². The fourth-order valence-electron chi connectivity index (χ4n) is 4.61. The van der Waals surface area contributed by atoms with Crippen LogP contribution in [0.1, 0.15) is 33.9 Å². The van der Waals surface area contributed by atoms with Crippen LogP contribution in [0.15, 0.2) is 78.9 Å². The van der Waals surface area contributed by atoms with Gasteiger partial charge in [0.1, 0.15) is 29.1 Å². The van der Waals surface area contributed by atoms with Crippen molar-refractivity contribution in [1.29, 1.82) is 0 Å². The zero-order valence-electron chi connectivity index (χ0n) is 22.7. The Hall–Kier alpha value is -4.01. The first kappa shape index (κ1) is 28.0. The van der Waals surface area contributed by atoms with Crippen LogP contribution in [0.25, 0.3) is 11.1 Å². The molecule has 0 amide bonds. The van der Waals surface area contributed by atoms with E-state index in [1.807, 2.05) is 86.6 Å². The maximum absolute atomic E-state index is 11.6. The maximum Gasteiger partial charge on any atom is 0.213 e. The van der Waals surface area contributed by atoms with Crippen molar-refractivity contribution in [3.8, 4) is 34.1 Å². The summed E-state index contributed by atoms with van der Waals surface area (Å²) in [6.45, 7) is 4.00. The lowest BCUT2D eigenvalue weighted by Crippen LogP contribution is -2.18. The first-order valence-corrected chi connectivity index (χ1v) is 14.1. The number of hydrogen-bond acceptors (Lipinski definition) is 6. The third-order valence-electron chi connectivity index (χ3n) is 6.53. The second-order valence-corrected chi connectivity index (χ2v) is 10.9. The molecule has 7 nitrogen and oxygen atoms in total. The minimum Gasteiger partial charge on any atom is -0.497 e. The van der Waals surface area contributed by atoms with E-state index >= 15 is 0 Å². The smallest absolute Gasteiger partial charge is 0.213 e. The Balaban J connectivity index is 0.000000270. The van der Waals surface area contributed by atoms with Crippen LogP contribution >= 0.6 is 0 Å². The molecular weight excluding hydrogens is 514 g/mol. The lowest BCUT2D eigenvalue weighted by molar-refractivity contribution is 0.240. The zero-order valence-corrected chi connectivity index (χ0v) is 23.5. The number of methoxy groups -OCH3 is 3. The number of benzene rings is 4. The molecule has 1 aliphatic heterocycles. The van der Waals surface area contributed by atoms with E-state index in [1.165, 1.54) is 0 Å². The lowest BCUT2D eigenvalue weighted by Gasteiger charge is -2.31. The molecule has 5 rings (SSSR count). The SMILES string of the molecule is COc1ccc(C)c(OC)c1.COc1ccc(C)c2c1-c1ccc(CS(N)(=O)=O)cc1C(c1ccccc1)O2. The standard InChI is InChI=1S/C22H21NO4S.C9H12O2/c1-14-8-11-19(26-2)20-17-10-9-15(13-28(23,24)25)12-18(17)22(27-21(14)20)16-6-4-3-5-7-16;1-7-4-5-8(10-2)6-9(7)11-3/h3-12,22H,13H2,1-2H3,(H2,23,24,25);4-6H,1-3H3. The topological polar surface area (TPSA) is 97.1 Å². The van der Waals surface area contributed by atoms with E-state index < -0.39 is 10.0 Å². The van der Waals surface area contributed by atoms with Crippen LogP contribution in [0, 0.1) is 13.8 Å². The molecule has 8 heteroatoms. The van der Waals surface area contributed by atoms with Gasteiger partial charge in [-0.1, -0.05) is 60.7 Å². The van der Waals surface area contributed by atoms with E-state index in [9.17, 15) is 8.42 Å². The average Bonchev–Trinajstić information content (AvgIpc) is 2.93. The van der Waals surface area contributed by atoms with Crippen LogP contribution < -0.4 is 24.1 Å². The first-order valence-electron chi connectivity index (χ1n) is 12.4. The van der Waals surface area contributed by atoms with Gasteiger partial charge in [-0.2, -0.15) is 0 Å². The third-order valence-corrected chi connectivity index (χ3v) is 7.26. The number of primary sulfonamides is 1. The Morgan fingerprint density at radius 2 is 1.49 bits per heavy atom. The summed E-state index contributed by atoms with van der Waals surface area (Å²) in [4.78, 5) is 0. The zero-order chi connectivity index (χ0) is 28.2. The average molecular weight is 548 g/mol. The molecule has 204 valence electrons. The van der Waals surface area contributed by atoms with Gasteiger partial charge in [-0.3, -0.25) is 0 Å². The summed E-state index contributed by atoms with van der Waals surface area (Å²) in [6, 6.07) is 25.1. The van der Waals surface area contributed by atoms with Crippen LogP contribution in [0.5, 0.6) is 23.0 Å². The van der Waals surface area contributed by atoms with E-state index in [1.54, 1.807) is 27.4 Å². The summed E-state index contributed by atoms with van der Waals surface area (Å²) in [5, 5.41) is 5.25. The fraction of sp³-hybridized carbons (Fsp3) is 0.226. The lowest BCUT2D eigenvalue weighted by atomic mass is 9.87. The number of nitrogens with two attached hydrogens (primary N) is 1. The molecule has 1 aliphatic rings. The van der Waals surface area contributed by atoms with Crippen molar-refractivity contribution >= 4 is 10.0 Å². The molecule has 1 atom stereocenters. The molecular formula is C31H33NO6S. The number of sulfonamides is 1. The Labute approximate surface area is 230 Å². The summed E-state index contributed by atoms with van der Waals surface area (Å²) in [5.41, 5.74) is 6.49. The predicted octanol–water partition coefficient (Wildman–Crippen LogP) is 5.95. The highest BCUT2D eigenvalue weighted by atomic mass is 32.2. The van der Waals surface area contributed by atoms with E-state index in [0.717, 1.165) is 50.6 Å². The van der Waals surface area contributed by atoms with Gasteiger partial charge in [-0.15, -0.1) is 0 Å². The molecule has 1 unspecified atom stereocenters. The molecule has 0 saturated carbocycles. The molecule has 0 spiro atoms. The maximum atomic E-state index is 11.6. The second kappa shape index (κ2) is 11.8. The Morgan fingerprint density at radius 3 is 2.13 bits per heavy atom. The Kier molecular flexibility index (Phi) is 8.47. The van der Waals surface area contributed by atoms with Crippen molar-refractivity contribution in [1.82, 2.24) is 0 Å². The minimum atomic E-state index is -3.63. The molecule has 39 heavy (non-hydrogen) atoms. The minimum absolute atomic E-state index is 0.223. The fourth-order valence-corrected chi connectivity index (χ4v) is 5.25. The molecule has 0 radical (unpaired) electrons. The van der Waals surface area contributed by atoms with E-state index in [-0.39, 0.29) is 11.9 Å². The van der Waals surface area contributed by atoms with Gasteiger partial charge in [0, 0.05) is 11.6 Å². The van der Waals surface area contributed by atoms with Crippen molar-refractivity contribution in [2.45, 2.75) is 25.7 Å². The van der Waals surface area contributed by atoms with Gasteiger partial charge >= 0.3 is 0 Å². The van der Waals surface area contributed by atoms with Crippen molar-refractivity contribution in [2.75, 3.05) is 21.3 Å². The molecule has 4 aromatic rings. The van der Waals surface area contributed by atoms with Gasteiger partial charge in [-0.05, 0) is 53.8 Å². The number of aryl methyl sites for hydroxylation is 2. The Bertz CT molecular complexity index is 1570. The predicted molar refractivity (Wildman–Crippen MR) is 153 cm³/mol. The quantitative estimate of drug-likeness (QED) is 0.320. The van der Waals surface area contributed by atoms with Crippen molar-refractivity contribution < 1.29 is 27.4 Å². The normalized spacial score (nSPS) is 13.6. The molecule has 0 saturated heterocycles. The number of rotatable bonds is 6. The highest BCUT2D eigenvalue weighted by Crippen LogP contribution is 2.50. The van der Waals surface area contributed by atoms with Crippen LogP contribution in [0.4, 0.5) is 0 Å². The second-order valence-electron chi connectivity index (χ2n) is 9.26. The van der Waals surface area contributed by atoms with Crippen LogP contribution in [-0.4, -0.2) is 29.7 Å². The number of fused-ring (bicyclic) bond motifs is 3. The summed E-state index contributed by atoms with van der Waals surface area (Å²) in [5.74, 6) is 2.96. The molecule has 0 fully saturated rings. The summed E-state index contributed by atoms with van der Waals surface area (Å²) >= 11 is 0. The molecule has 0 aliphatic carbocycles. The van der Waals surface area contributed by atoms with Gasteiger partial charge in [0.25, 0.3) is 0 Å². The highest BCUT2D eigenvalue weighted by molar-refractivity contribution is 7.88. The number of hydrogen-bond donors (Lipinski definition) is 1. The van der Waals surface area contributed by atoms with E-state index in [4.69, 9.17) is 24.1 Å². The van der Waals surface area contributed by atoms with Gasteiger partial charge in [0.05, 0.1) is 32.6 Å². The van der Waals surface area contributed by atoms with Crippen molar-refractivity contribution in [2.24, 2.45) is 5.14 Å². The van der Waals surface area contributed by atoms with Gasteiger partial charge < -0.3 is 18.9 Å². The third kappa shape index (κ3) is 6.35. The van der Waals surface area contributed by atoms with Crippen LogP contribution in [0.2, 0.25) is 0 Å². The summed E-state index contributed by atoms with van der Waals surface area (Å²) < 4.78 is 45.3. The monoisotopic (exact) mass is 547 g/mol. The summed E-state index contributed by atoms with van der Waals surface area (Å²) in [6.07, 6.45) is -0.352. The Morgan fingerprint density at radius 1 is 0.795 bits per heavy atom. The number of ether oxygens (including phenoxy) is 4. The van der Waals surface area contributed by atoms with Crippen LogP contribution in [-0.2, 0) is 15.8 Å².